The molecule has 0 saturated heterocycles. The van der Waals surface area contributed by atoms with Crippen molar-refractivity contribution in [3.63, 3.8) is 0 Å². The third kappa shape index (κ3) is 2.15. The van der Waals surface area contributed by atoms with Crippen LogP contribution in [0, 0.1) is 5.82 Å². The number of imidazole rings is 1. The topological polar surface area (TPSA) is 74.5 Å². The molecule has 0 unspecified atom stereocenters. The molecule has 3 rings (SSSR count). The number of anilines is 1. The van der Waals surface area contributed by atoms with Crippen molar-refractivity contribution in [2.75, 3.05) is 5.73 Å². The molecule has 0 saturated carbocycles. The molecule has 2 N–H and O–H groups in total. The maximum atomic E-state index is 13.5. The molecule has 2 heterocycles. The highest BCUT2D eigenvalue weighted by molar-refractivity contribution is 9.10. The maximum Gasteiger partial charge on any atom is 0.201 e. The molecule has 0 amide bonds. The van der Waals surface area contributed by atoms with Crippen molar-refractivity contribution < 1.29 is 4.39 Å². The molecular formula is C12H12BrFN6. The van der Waals surface area contributed by atoms with E-state index in [1.807, 2.05) is 16.2 Å². The second-order valence-electron chi connectivity index (χ2n) is 4.48. The predicted molar refractivity (Wildman–Crippen MR) is 76.5 cm³/mol. The van der Waals surface area contributed by atoms with Crippen molar-refractivity contribution in [2.45, 2.75) is 13.0 Å². The molecule has 0 radical (unpaired) electrons. The van der Waals surface area contributed by atoms with Crippen LogP contribution in [0.3, 0.4) is 0 Å². The van der Waals surface area contributed by atoms with Crippen molar-refractivity contribution >= 4 is 32.9 Å². The number of nitrogens with zero attached hydrogens (tertiary/aromatic N) is 5. The summed E-state index contributed by atoms with van der Waals surface area (Å²) < 4.78 is 17.6. The maximum absolute atomic E-state index is 13.5. The minimum Gasteiger partial charge on any atom is -0.369 e. The van der Waals surface area contributed by atoms with Gasteiger partial charge in [-0.2, -0.15) is 0 Å². The van der Waals surface area contributed by atoms with Crippen molar-refractivity contribution in [1.82, 2.24) is 24.3 Å². The lowest BCUT2D eigenvalue weighted by atomic mass is 10.3. The number of benzene rings is 1. The summed E-state index contributed by atoms with van der Waals surface area (Å²) in [6, 6.07) is 3.05. The molecule has 1 aromatic carbocycles. The van der Waals surface area contributed by atoms with Crippen LogP contribution in [0.5, 0.6) is 0 Å². The van der Waals surface area contributed by atoms with Crippen molar-refractivity contribution in [1.29, 1.82) is 0 Å². The molecule has 20 heavy (non-hydrogen) atoms. The summed E-state index contributed by atoms with van der Waals surface area (Å²) in [7, 11) is 1.89. The average Bonchev–Trinajstić information content (AvgIpc) is 2.92. The van der Waals surface area contributed by atoms with Gasteiger partial charge in [0.15, 0.2) is 0 Å². The summed E-state index contributed by atoms with van der Waals surface area (Å²) in [6.45, 7) is 0.604. The molecule has 104 valence electrons. The fraction of sp³-hybridized carbons (Fsp3) is 0.250. The van der Waals surface area contributed by atoms with Gasteiger partial charge in [-0.25, -0.2) is 9.37 Å². The van der Waals surface area contributed by atoms with E-state index in [9.17, 15) is 4.39 Å². The molecule has 2 aromatic heterocycles. The highest BCUT2D eigenvalue weighted by Crippen LogP contribution is 2.25. The summed E-state index contributed by atoms with van der Waals surface area (Å²) in [4.78, 5) is 4.17. The quantitative estimate of drug-likeness (QED) is 0.791. The van der Waals surface area contributed by atoms with Crippen molar-refractivity contribution in [3.8, 4) is 0 Å². The van der Waals surface area contributed by atoms with Gasteiger partial charge in [0, 0.05) is 26.1 Å². The van der Waals surface area contributed by atoms with Crippen LogP contribution in [0.15, 0.2) is 22.9 Å². The number of aryl methyl sites for hydroxylation is 3. The van der Waals surface area contributed by atoms with E-state index in [1.54, 1.807) is 12.4 Å². The molecule has 0 aliphatic rings. The van der Waals surface area contributed by atoms with Crippen LogP contribution in [0.1, 0.15) is 5.82 Å². The first kappa shape index (κ1) is 13.0. The van der Waals surface area contributed by atoms with Gasteiger partial charge >= 0.3 is 0 Å². The van der Waals surface area contributed by atoms with E-state index in [-0.39, 0.29) is 5.82 Å². The monoisotopic (exact) mass is 338 g/mol. The Morgan fingerprint density at radius 2 is 2.20 bits per heavy atom. The zero-order valence-corrected chi connectivity index (χ0v) is 12.3. The van der Waals surface area contributed by atoms with Crippen LogP contribution in [-0.2, 0) is 20.0 Å². The van der Waals surface area contributed by atoms with E-state index >= 15 is 0 Å². The Balaban J connectivity index is 1.97. The third-order valence-corrected chi connectivity index (χ3v) is 3.79. The van der Waals surface area contributed by atoms with Crippen LogP contribution in [-0.4, -0.2) is 24.3 Å². The largest absolute Gasteiger partial charge is 0.369 e. The van der Waals surface area contributed by atoms with Crippen LogP contribution >= 0.6 is 15.9 Å². The summed E-state index contributed by atoms with van der Waals surface area (Å²) in [5.74, 6) is 0.863. The Kier molecular flexibility index (Phi) is 3.17. The second kappa shape index (κ2) is 4.86. The Morgan fingerprint density at radius 1 is 1.40 bits per heavy atom. The molecule has 0 spiro atoms. The number of rotatable bonds is 3. The van der Waals surface area contributed by atoms with Gasteiger partial charge in [0.2, 0.25) is 5.95 Å². The Labute approximate surface area is 122 Å². The number of hydrogen-bond acceptors (Lipinski definition) is 4. The predicted octanol–water partition coefficient (Wildman–Crippen LogP) is 1.89. The van der Waals surface area contributed by atoms with Crippen molar-refractivity contribution in [3.05, 3.63) is 34.6 Å². The number of aromatic nitrogens is 5. The van der Waals surface area contributed by atoms with Crippen molar-refractivity contribution in [2.24, 2.45) is 7.05 Å². The van der Waals surface area contributed by atoms with E-state index in [1.165, 1.54) is 6.07 Å². The third-order valence-electron chi connectivity index (χ3n) is 3.18. The smallest absolute Gasteiger partial charge is 0.201 e. The summed E-state index contributed by atoms with van der Waals surface area (Å²) in [5.41, 5.74) is 7.23. The van der Waals surface area contributed by atoms with Crippen LogP contribution < -0.4 is 5.73 Å². The lowest BCUT2D eigenvalue weighted by Gasteiger charge is -2.06. The first-order chi connectivity index (χ1) is 9.56. The first-order valence-electron chi connectivity index (χ1n) is 6.00. The number of fused-ring (bicyclic) bond motifs is 1. The van der Waals surface area contributed by atoms with Gasteiger partial charge in [-0.05, 0) is 22.0 Å². The van der Waals surface area contributed by atoms with Crippen LogP contribution in [0.25, 0.3) is 11.0 Å². The van der Waals surface area contributed by atoms with Gasteiger partial charge in [0.05, 0.1) is 15.5 Å². The van der Waals surface area contributed by atoms with Gasteiger partial charge in [-0.3, -0.25) is 0 Å². The molecule has 3 aromatic rings. The Bertz CT molecular complexity index is 778. The summed E-state index contributed by atoms with van der Waals surface area (Å²) >= 11 is 3.18. The molecule has 6 nitrogen and oxygen atoms in total. The van der Waals surface area contributed by atoms with E-state index in [0.29, 0.717) is 28.9 Å². The Hall–Kier alpha value is -1.96. The molecule has 0 aliphatic heterocycles. The Morgan fingerprint density at radius 3 is 2.90 bits per heavy atom. The molecular weight excluding hydrogens is 327 g/mol. The zero-order valence-electron chi connectivity index (χ0n) is 10.7. The zero-order chi connectivity index (χ0) is 14.3. The standard InChI is InChI=1S/C12H12BrFN6/c1-19-6-16-18-11(19)2-3-20-10-4-7(13)8(14)5-9(10)17-12(20)15/h4-6H,2-3H2,1H3,(H2,15,17). The molecule has 0 fully saturated rings. The minimum absolute atomic E-state index is 0.351. The number of nitrogen functional groups attached to an aromatic ring is 1. The molecule has 8 heteroatoms. The normalized spacial score (nSPS) is 11.3. The van der Waals surface area contributed by atoms with Gasteiger partial charge < -0.3 is 14.9 Å². The van der Waals surface area contributed by atoms with Gasteiger partial charge in [-0.1, -0.05) is 0 Å². The lowest BCUT2D eigenvalue weighted by molar-refractivity contribution is 0.622. The average molecular weight is 339 g/mol. The second-order valence-corrected chi connectivity index (χ2v) is 5.34. The first-order valence-corrected chi connectivity index (χ1v) is 6.79. The molecule has 0 bridgehead atoms. The highest BCUT2D eigenvalue weighted by atomic mass is 79.9. The lowest BCUT2D eigenvalue weighted by Crippen LogP contribution is -2.08. The molecule has 0 atom stereocenters. The van der Waals surface area contributed by atoms with E-state index < -0.39 is 0 Å². The highest BCUT2D eigenvalue weighted by Gasteiger charge is 2.12. The summed E-state index contributed by atoms with van der Waals surface area (Å²) in [5, 5.41) is 7.86. The number of hydrogen-bond donors (Lipinski definition) is 1. The number of halogens is 2. The summed E-state index contributed by atoms with van der Waals surface area (Å²) in [6.07, 6.45) is 2.32. The SMILES string of the molecule is Cn1cnnc1CCn1c(N)nc2cc(F)c(Br)cc21. The van der Waals surface area contributed by atoms with Gasteiger partial charge in [-0.15, -0.1) is 10.2 Å². The minimum atomic E-state index is -0.351. The fourth-order valence-electron chi connectivity index (χ4n) is 2.12. The van der Waals surface area contributed by atoms with Gasteiger partial charge in [0.25, 0.3) is 0 Å². The molecule has 0 aliphatic carbocycles. The van der Waals surface area contributed by atoms with E-state index in [2.05, 4.69) is 31.1 Å². The van der Waals surface area contributed by atoms with Gasteiger partial charge in [0.1, 0.15) is 18.0 Å². The van der Waals surface area contributed by atoms with Crippen LogP contribution in [0.2, 0.25) is 0 Å². The van der Waals surface area contributed by atoms with E-state index in [0.717, 1.165) is 11.3 Å². The number of nitrogens with two attached hydrogens (primary N) is 1. The van der Waals surface area contributed by atoms with Crippen LogP contribution in [0.4, 0.5) is 10.3 Å². The van der Waals surface area contributed by atoms with E-state index in [4.69, 9.17) is 5.73 Å². The fourth-order valence-corrected chi connectivity index (χ4v) is 2.45.